The maximum atomic E-state index is 12.7. The highest BCUT2D eigenvalue weighted by Gasteiger charge is 2.30. The highest BCUT2D eigenvalue weighted by Crippen LogP contribution is 2.33. The topological polar surface area (TPSA) is 56.2 Å². The molecule has 102 valence electrons. The third-order valence-electron chi connectivity index (χ3n) is 2.89. The Balaban J connectivity index is 2.18. The minimum Gasteiger partial charge on any atom is -0.394 e. The molecule has 0 spiro atoms. The maximum absolute atomic E-state index is 12.7. The van der Waals surface area contributed by atoms with Crippen LogP contribution in [0.5, 0.6) is 0 Å². The fourth-order valence-corrected chi connectivity index (χ4v) is 1.96. The molecule has 20 heavy (non-hydrogen) atoms. The number of nitrogens with two attached hydrogens (primary N) is 1. The first kappa shape index (κ1) is 12.5. The molecule has 2 aromatic heterocycles. The van der Waals surface area contributed by atoms with Crippen LogP contribution in [0.25, 0.3) is 16.9 Å². The van der Waals surface area contributed by atoms with Gasteiger partial charge in [-0.25, -0.2) is 9.50 Å². The second-order valence-electron chi connectivity index (χ2n) is 4.23. The fraction of sp³-hybridized carbons (Fsp3) is 0.0769. The number of hydrogen-bond donors (Lipinski definition) is 1. The number of halogens is 3. The van der Waals surface area contributed by atoms with E-state index in [1.54, 1.807) is 18.5 Å². The van der Waals surface area contributed by atoms with Gasteiger partial charge in [-0.3, -0.25) is 0 Å². The molecule has 0 bridgehead atoms. The zero-order chi connectivity index (χ0) is 14.3. The third kappa shape index (κ3) is 1.97. The second kappa shape index (κ2) is 4.22. The minimum atomic E-state index is -4.40. The lowest BCUT2D eigenvalue weighted by atomic mass is 10.1. The number of aromatic nitrogens is 3. The molecule has 0 aliphatic heterocycles. The number of anilines is 1. The molecular weight excluding hydrogens is 269 g/mol. The van der Waals surface area contributed by atoms with Gasteiger partial charge in [0, 0.05) is 18.0 Å². The summed E-state index contributed by atoms with van der Waals surface area (Å²) in [4.78, 5) is 4.05. The zero-order valence-corrected chi connectivity index (χ0v) is 10.1. The van der Waals surface area contributed by atoms with Crippen LogP contribution >= 0.6 is 0 Å². The van der Waals surface area contributed by atoms with E-state index in [4.69, 9.17) is 5.73 Å². The van der Waals surface area contributed by atoms with Gasteiger partial charge in [-0.2, -0.15) is 18.3 Å². The van der Waals surface area contributed by atoms with E-state index in [2.05, 4.69) is 10.1 Å². The molecule has 0 amide bonds. The number of rotatable bonds is 1. The summed E-state index contributed by atoms with van der Waals surface area (Å²) in [5, 5.41) is 4.17. The number of hydrogen-bond acceptors (Lipinski definition) is 3. The Kier molecular flexibility index (Phi) is 2.63. The van der Waals surface area contributed by atoms with E-state index in [1.807, 2.05) is 0 Å². The quantitative estimate of drug-likeness (QED) is 0.744. The Morgan fingerprint density at radius 3 is 2.65 bits per heavy atom. The Bertz CT molecular complexity index is 777. The first-order valence-electron chi connectivity index (χ1n) is 5.73. The van der Waals surface area contributed by atoms with E-state index in [1.165, 1.54) is 16.6 Å². The summed E-state index contributed by atoms with van der Waals surface area (Å²) in [6, 6.07) is 6.56. The van der Waals surface area contributed by atoms with Crippen molar-refractivity contribution in [3.8, 4) is 11.3 Å². The van der Waals surface area contributed by atoms with Gasteiger partial charge in [-0.15, -0.1) is 0 Å². The number of nitrogen functional groups attached to an aromatic ring is 1. The Morgan fingerprint density at radius 2 is 1.95 bits per heavy atom. The summed E-state index contributed by atoms with van der Waals surface area (Å²) in [5.74, 6) is 0. The summed E-state index contributed by atoms with van der Waals surface area (Å²) in [7, 11) is 0. The lowest BCUT2D eigenvalue weighted by Gasteiger charge is -2.07. The smallest absolute Gasteiger partial charge is 0.394 e. The van der Waals surface area contributed by atoms with Crippen LogP contribution in [0.15, 0.2) is 42.7 Å². The molecule has 0 saturated carbocycles. The van der Waals surface area contributed by atoms with Gasteiger partial charge in [0.05, 0.1) is 5.56 Å². The molecule has 0 aliphatic carbocycles. The number of benzene rings is 1. The van der Waals surface area contributed by atoms with Crippen LogP contribution in [0.1, 0.15) is 5.56 Å². The summed E-state index contributed by atoms with van der Waals surface area (Å²) in [5.41, 5.74) is 6.43. The molecule has 0 unspecified atom stereocenters. The van der Waals surface area contributed by atoms with E-state index in [0.29, 0.717) is 11.2 Å². The molecule has 7 heteroatoms. The number of alkyl halides is 3. The SMILES string of the molecule is Nc1c(-c2cccc(C(F)(F)F)c2)nn2cccnc12. The van der Waals surface area contributed by atoms with Gasteiger partial charge in [-0.1, -0.05) is 12.1 Å². The third-order valence-corrected chi connectivity index (χ3v) is 2.89. The average Bonchev–Trinajstić information content (AvgIpc) is 2.76. The Labute approximate surface area is 111 Å². The van der Waals surface area contributed by atoms with Crippen molar-refractivity contribution in [2.24, 2.45) is 0 Å². The van der Waals surface area contributed by atoms with Crippen molar-refractivity contribution < 1.29 is 13.2 Å². The maximum Gasteiger partial charge on any atom is 0.416 e. The van der Waals surface area contributed by atoms with Crippen LogP contribution in [0.3, 0.4) is 0 Å². The average molecular weight is 278 g/mol. The van der Waals surface area contributed by atoms with Gasteiger partial charge in [0.1, 0.15) is 11.4 Å². The van der Waals surface area contributed by atoms with Crippen LogP contribution in [0, 0.1) is 0 Å². The summed E-state index contributed by atoms with van der Waals surface area (Å²) < 4.78 is 39.6. The molecule has 3 rings (SSSR count). The molecule has 0 atom stereocenters. The van der Waals surface area contributed by atoms with Gasteiger partial charge in [-0.05, 0) is 18.2 Å². The second-order valence-corrected chi connectivity index (χ2v) is 4.23. The summed E-state index contributed by atoms with van der Waals surface area (Å²) >= 11 is 0. The predicted octanol–water partition coefficient (Wildman–Crippen LogP) is 3.00. The van der Waals surface area contributed by atoms with Crippen molar-refractivity contribution in [3.05, 3.63) is 48.3 Å². The van der Waals surface area contributed by atoms with Crippen molar-refractivity contribution in [3.63, 3.8) is 0 Å². The molecule has 0 fully saturated rings. The molecule has 1 aromatic carbocycles. The van der Waals surface area contributed by atoms with E-state index < -0.39 is 11.7 Å². The van der Waals surface area contributed by atoms with Crippen LogP contribution in [-0.2, 0) is 6.18 Å². The number of nitrogens with zero attached hydrogens (tertiary/aromatic N) is 3. The molecule has 4 nitrogen and oxygen atoms in total. The van der Waals surface area contributed by atoms with Crippen LogP contribution in [-0.4, -0.2) is 14.6 Å². The summed E-state index contributed by atoms with van der Waals surface area (Å²) in [6.07, 6.45) is -1.22. The van der Waals surface area contributed by atoms with Crippen molar-refractivity contribution in [1.29, 1.82) is 0 Å². The molecule has 2 heterocycles. The van der Waals surface area contributed by atoms with Crippen molar-refractivity contribution >= 4 is 11.3 Å². The van der Waals surface area contributed by atoms with E-state index in [9.17, 15) is 13.2 Å². The van der Waals surface area contributed by atoms with Crippen molar-refractivity contribution in [1.82, 2.24) is 14.6 Å². The number of fused-ring (bicyclic) bond motifs is 1. The summed E-state index contributed by atoms with van der Waals surface area (Å²) in [6.45, 7) is 0. The first-order valence-corrected chi connectivity index (χ1v) is 5.73. The standard InChI is InChI=1S/C13H9F3N4/c14-13(15,16)9-4-1-3-8(7-9)11-10(17)12-18-5-2-6-20(12)19-11/h1-7H,17H2. The predicted molar refractivity (Wildman–Crippen MR) is 67.8 cm³/mol. The van der Waals surface area contributed by atoms with Crippen LogP contribution in [0.4, 0.5) is 18.9 Å². The Morgan fingerprint density at radius 1 is 1.15 bits per heavy atom. The molecule has 0 aliphatic rings. The van der Waals surface area contributed by atoms with E-state index >= 15 is 0 Å². The van der Waals surface area contributed by atoms with Crippen LogP contribution < -0.4 is 5.73 Å². The minimum absolute atomic E-state index is 0.255. The van der Waals surface area contributed by atoms with Gasteiger partial charge in [0.25, 0.3) is 0 Å². The van der Waals surface area contributed by atoms with Crippen molar-refractivity contribution in [2.75, 3.05) is 5.73 Å². The van der Waals surface area contributed by atoms with E-state index in [0.717, 1.165) is 12.1 Å². The molecular formula is C13H9F3N4. The van der Waals surface area contributed by atoms with Crippen molar-refractivity contribution in [2.45, 2.75) is 6.18 Å². The molecule has 0 radical (unpaired) electrons. The lowest BCUT2D eigenvalue weighted by molar-refractivity contribution is -0.137. The highest BCUT2D eigenvalue weighted by atomic mass is 19.4. The monoisotopic (exact) mass is 278 g/mol. The normalized spacial score (nSPS) is 11.9. The molecule has 0 saturated heterocycles. The van der Waals surface area contributed by atoms with Gasteiger partial charge >= 0.3 is 6.18 Å². The van der Waals surface area contributed by atoms with Gasteiger partial charge in [0.2, 0.25) is 0 Å². The van der Waals surface area contributed by atoms with Gasteiger partial charge in [0.15, 0.2) is 5.65 Å². The highest BCUT2D eigenvalue weighted by molar-refractivity contribution is 5.83. The van der Waals surface area contributed by atoms with Gasteiger partial charge < -0.3 is 5.73 Å². The van der Waals surface area contributed by atoms with E-state index in [-0.39, 0.29) is 11.4 Å². The fourth-order valence-electron chi connectivity index (χ4n) is 1.96. The molecule has 3 aromatic rings. The largest absolute Gasteiger partial charge is 0.416 e. The Hall–Kier alpha value is -2.57. The lowest BCUT2D eigenvalue weighted by Crippen LogP contribution is -2.04. The molecule has 2 N–H and O–H groups in total. The van der Waals surface area contributed by atoms with Crippen LogP contribution in [0.2, 0.25) is 0 Å². The first-order chi connectivity index (χ1) is 9.47. The zero-order valence-electron chi connectivity index (χ0n) is 10.1.